The molecule has 0 bridgehead atoms. The zero-order valence-electron chi connectivity index (χ0n) is 31.7. The normalized spacial score (nSPS) is 13.5. The van der Waals surface area contributed by atoms with Gasteiger partial charge in [0.15, 0.2) is 0 Å². The smallest absolute Gasteiger partial charge is 0.463 e. The lowest BCUT2D eigenvalue weighted by Crippen LogP contribution is -2.27. The molecular formula is C39H76NO8P. The maximum absolute atomic E-state index is 12.0. The van der Waals surface area contributed by atoms with Crippen molar-refractivity contribution >= 4 is 19.7 Å². The van der Waals surface area contributed by atoms with Crippen LogP contribution >= 0.6 is 7.82 Å². The predicted molar refractivity (Wildman–Crippen MR) is 201 cm³/mol. The van der Waals surface area contributed by atoms with E-state index in [0.29, 0.717) is 6.42 Å². The van der Waals surface area contributed by atoms with Crippen LogP contribution < -0.4 is 5.32 Å². The van der Waals surface area contributed by atoms with Gasteiger partial charge in [-0.1, -0.05) is 154 Å². The summed E-state index contributed by atoms with van der Waals surface area (Å²) in [4.78, 5) is 33.7. The summed E-state index contributed by atoms with van der Waals surface area (Å²) < 4.78 is 26.7. The number of phosphoric acid groups is 1. The van der Waals surface area contributed by atoms with Gasteiger partial charge in [-0.25, -0.2) is 4.57 Å². The van der Waals surface area contributed by atoms with Crippen LogP contribution in [0, 0.1) is 0 Å². The molecule has 0 aliphatic carbocycles. The molecule has 0 radical (unpaired) electrons. The van der Waals surface area contributed by atoms with Gasteiger partial charge in [0.05, 0.1) is 13.2 Å². The van der Waals surface area contributed by atoms with E-state index < -0.39 is 26.5 Å². The van der Waals surface area contributed by atoms with E-state index in [1.807, 2.05) is 0 Å². The lowest BCUT2D eigenvalue weighted by Gasteiger charge is -2.15. The number of nitrogens with one attached hydrogen (secondary N) is 1. The summed E-state index contributed by atoms with van der Waals surface area (Å²) in [6.07, 6.45) is 35.8. The van der Waals surface area contributed by atoms with Gasteiger partial charge in [0.1, 0.15) is 12.7 Å². The maximum Gasteiger partial charge on any atom is 0.472 e. The van der Waals surface area contributed by atoms with Crippen LogP contribution in [0.4, 0.5) is 0 Å². The van der Waals surface area contributed by atoms with Crippen molar-refractivity contribution < 1.29 is 37.9 Å². The Morgan fingerprint density at radius 3 is 1.53 bits per heavy atom. The number of aliphatic hydroxyl groups is 1. The topological polar surface area (TPSA) is 131 Å². The Kier molecular flexibility index (Phi) is 35.6. The van der Waals surface area contributed by atoms with Gasteiger partial charge in [0, 0.05) is 19.4 Å². The number of esters is 1. The summed E-state index contributed by atoms with van der Waals surface area (Å²) in [5.41, 5.74) is 0. The third kappa shape index (κ3) is 37.8. The van der Waals surface area contributed by atoms with Crippen molar-refractivity contribution in [2.45, 2.75) is 200 Å². The maximum atomic E-state index is 12.0. The standard InChI is InChI=1S/C39H76NO8P/c1-3-5-7-9-11-13-14-15-16-17-18-19-20-21-22-24-25-27-29-31-38(42)40-33-34-47-49(44,45)48-36-37(41)35-46-39(43)32-30-28-26-23-12-10-8-6-4-2/h15-16,37,41H,3-14,17-36H2,1-2H3,(H,40,42)(H,44,45)/b16-15+. The van der Waals surface area contributed by atoms with Crippen LogP contribution in [-0.2, 0) is 27.9 Å². The molecule has 0 saturated carbocycles. The number of hydrogen-bond acceptors (Lipinski definition) is 7. The number of hydrogen-bond donors (Lipinski definition) is 3. The summed E-state index contributed by atoms with van der Waals surface area (Å²) in [5, 5.41) is 12.6. The summed E-state index contributed by atoms with van der Waals surface area (Å²) in [6.45, 7) is 3.53. The summed E-state index contributed by atoms with van der Waals surface area (Å²) >= 11 is 0. The molecule has 0 aromatic rings. The molecule has 3 N–H and O–H groups in total. The Morgan fingerprint density at radius 1 is 0.612 bits per heavy atom. The molecule has 0 aliphatic heterocycles. The van der Waals surface area contributed by atoms with E-state index in [2.05, 4.69) is 31.3 Å². The Bertz CT molecular complexity index is 825. The zero-order valence-corrected chi connectivity index (χ0v) is 32.5. The van der Waals surface area contributed by atoms with Crippen molar-refractivity contribution in [3.8, 4) is 0 Å². The van der Waals surface area contributed by atoms with E-state index in [9.17, 15) is 24.2 Å². The Hall–Kier alpha value is -1.25. The highest BCUT2D eigenvalue weighted by molar-refractivity contribution is 7.47. The lowest BCUT2D eigenvalue weighted by atomic mass is 10.1. The minimum absolute atomic E-state index is 0.0840. The summed E-state index contributed by atoms with van der Waals surface area (Å²) in [6, 6.07) is 0. The highest BCUT2D eigenvalue weighted by Crippen LogP contribution is 2.42. The van der Waals surface area contributed by atoms with Crippen LogP contribution in [0.5, 0.6) is 0 Å². The Balaban J connectivity index is 3.56. The van der Waals surface area contributed by atoms with Crippen LogP contribution in [0.15, 0.2) is 12.2 Å². The average Bonchev–Trinajstić information content (AvgIpc) is 3.08. The number of allylic oxidation sites excluding steroid dienone is 2. The third-order valence-electron chi connectivity index (χ3n) is 8.70. The number of unbranched alkanes of at least 4 members (excludes halogenated alkanes) is 23. The number of rotatable bonds is 38. The second-order valence-corrected chi connectivity index (χ2v) is 15.1. The Morgan fingerprint density at radius 2 is 1.04 bits per heavy atom. The molecule has 0 aromatic heterocycles. The van der Waals surface area contributed by atoms with E-state index in [1.54, 1.807) is 0 Å². The SMILES string of the molecule is CCCCCCCC/C=C/CCCCCCCCCCCC(=O)NCCOP(=O)(O)OCC(O)COC(=O)CCCCCCCCCCC. The van der Waals surface area contributed by atoms with E-state index in [-0.39, 0.29) is 32.1 Å². The van der Waals surface area contributed by atoms with Crippen molar-refractivity contribution in [1.29, 1.82) is 0 Å². The minimum Gasteiger partial charge on any atom is -0.463 e. The third-order valence-corrected chi connectivity index (χ3v) is 9.68. The van der Waals surface area contributed by atoms with Gasteiger partial charge in [-0.3, -0.25) is 18.6 Å². The van der Waals surface area contributed by atoms with Gasteiger partial charge in [-0.15, -0.1) is 0 Å². The van der Waals surface area contributed by atoms with Crippen molar-refractivity contribution in [2.75, 3.05) is 26.4 Å². The molecule has 49 heavy (non-hydrogen) atoms. The number of amides is 1. The highest BCUT2D eigenvalue weighted by Gasteiger charge is 2.23. The second kappa shape index (κ2) is 36.5. The van der Waals surface area contributed by atoms with E-state index in [4.69, 9.17) is 13.8 Å². The molecule has 10 heteroatoms. The number of phosphoric ester groups is 1. The molecule has 1 amide bonds. The van der Waals surface area contributed by atoms with E-state index >= 15 is 0 Å². The first-order chi connectivity index (χ1) is 23.8. The summed E-state index contributed by atoms with van der Waals surface area (Å²) in [7, 11) is -4.40. The van der Waals surface area contributed by atoms with Crippen LogP contribution in [0.3, 0.4) is 0 Å². The van der Waals surface area contributed by atoms with Crippen molar-refractivity contribution in [1.82, 2.24) is 5.32 Å². The second-order valence-electron chi connectivity index (χ2n) is 13.6. The van der Waals surface area contributed by atoms with Crippen LogP contribution in [-0.4, -0.2) is 54.3 Å². The van der Waals surface area contributed by atoms with Gasteiger partial charge in [0.2, 0.25) is 5.91 Å². The van der Waals surface area contributed by atoms with Crippen molar-refractivity contribution in [3.63, 3.8) is 0 Å². The molecule has 2 unspecified atom stereocenters. The zero-order chi connectivity index (χ0) is 36.1. The molecule has 0 saturated heterocycles. The molecule has 0 spiro atoms. The molecule has 0 rings (SSSR count). The first kappa shape index (κ1) is 47.8. The van der Waals surface area contributed by atoms with Crippen molar-refractivity contribution in [3.05, 3.63) is 12.2 Å². The highest BCUT2D eigenvalue weighted by atomic mass is 31.2. The quantitative estimate of drug-likeness (QED) is 0.0249. The van der Waals surface area contributed by atoms with Gasteiger partial charge in [-0.05, 0) is 38.5 Å². The van der Waals surface area contributed by atoms with Gasteiger partial charge < -0.3 is 20.1 Å². The van der Waals surface area contributed by atoms with Gasteiger partial charge in [0.25, 0.3) is 0 Å². The van der Waals surface area contributed by atoms with Crippen molar-refractivity contribution in [2.24, 2.45) is 0 Å². The molecule has 0 aromatic carbocycles. The lowest BCUT2D eigenvalue weighted by molar-refractivity contribution is -0.147. The van der Waals surface area contributed by atoms with Gasteiger partial charge >= 0.3 is 13.8 Å². The molecular weight excluding hydrogens is 641 g/mol. The fourth-order valence-electron chi connectivity index (χ4n) is 5.61. The van der Waals surface area contributed by atoms with Gasteiger partial charge in [-0.2, -0.15) is 0 Å². The molecule has 0 fully saturated rings. The number of aliphatic hydroxyl groups excluding tert-OH is 1. The predicted octanol–water partition coefficient (Wildman–Crippen LogP) is 10.7. The van der Waals surface area contributed by atoms with Crippen LogP contribution in [0.2, 0.25) is 0 Å². The first-order valence-electron chi connectivity index (χ1n) is 20.2. The fourth-order valence-corrected chi connectivity index (χ4v) is 6.37. The van der Waals surface area contributed by atoms with Crippen LogP contribution in [0.1, 0.15) is 194 Å². The molecule has 9 nitrogen and oxygen atoms in total. The fraction of sp³-hybridized carbons (Fsp3) is 0.897. The first-order valence-corrected chi connectivity index (χ1v) is 21.7. The number of carbonyl (C=O) groups is 2. The molecule has 290 valence electrons. The monoisotopic (exact) mass is 718 g/mol. The van der Waals surface area contributed by atoms with Crippen LogP contribution in [0.25, 0.3) is 0 Å². The number of carbonyl (C=O) groups excluding carboxylic acids is 2. The minimum atomic E-state index is -4.40. The Labute approximate surface area is 300 Å². The largest absolute Gasteiger partial charge is 0.472 e. The molecule has 0 aliphatic rings. The number of ether oxygens (including phenoxy) is 1. The average molecular weight is 718 g/mol. The summed E-state index contributed by atoms with van der Waals surface area (Å²) in [5.74, 6) is -0.516. The van der Waals surface area contributed by atoms with E-state index in [1.165, 1.54) is 128 Å². The molecule has 0 heterocycles. The molecule has 2 atom stereocenters. The van der Waals surface area contributed by atoms with E-state index in [0.717, 1.165) is 38.5 Å².